The molecule has 0 N–H and O–H groups in total. The molecule has 1 aromatic heterocycles. The van der Waals surface area contributed by atoms with Crippen molar-refractivity contribution < 1.29 is 0 Å². The van der Waals surface area contributed by atoms with Crippen molar-refractivity contribution in [3.8, 4) is 27.9 Å². The second-order valence-corrected chi connectivity index (χ2v) is 8.34. The number of rotatable bonds is 3. The van der Waals surface area contributed by atoms with Gasteiger partial charge in [-0.2, -0.15) is 0 Å². The predicted molar refractivity (Wildman–Crippen MR) is 136 cm³/mol. The van der Waals surface area contributed by atoms with Crippen molar-refractivity contribution in [3.05, 3.63) is 127 Å². The van der Waals surface area contributed by atoms with Gasteiger partial charge in [0.25, 0.3) is 0 Å². The van der Waals surface area contributed by atoms with E-state index >= 15 is 0 Å². The van der Waals surface area contributed by atoms with Gasteiger partial charge >= 0.3 is 0 Å². The van der Waals surface area contributed by atoms with Crippen LogP contribution in [0.2, 0.25) is 0 Å². The first kappa shape index (κ1) is 18.7. The molecule has 6 rings (SSSR count). The highest BCUT2D eigenvalue weighted by atomic mass is 15.0. The van der Waals surface area contributed by atoms with Crippen LogP contribution in [0.3, 0.4) is 0 Å². The van der Waals surface area contributed by atoms with E-state index in [1.807, 2.05) is 0 Å². The normalized spacial score (nSPS) is 11.3. The Morgan fingerprint density at radius 2 is 1.12 bits per heavy atom. The van der Waals surface area contributed by atoms with Gasteiger partial charge < -0.3 is 4.57 Å². The minimum Gasteiger partial charge on any atom is -0.309 e. The SMILES string of the molecule is Cc1ccc2c(c1)c1cc(-c3ccccc3)cc(-c3ccccc3)c1n2-c1ccccc1. The van der Waals surface area contributed by atoms with Crippen LogP contribution >= 0.6 is 0 Å². The second kappa shape index (κ2) is 7.55. The van der Waals surface area contributed by atoms with Crippen molar-refractivity contribution in [3.63, 3.8) is 0 Å². The van der Waals surface area contributed by atoms with Gasteiger partial charge in [0, 0.05) is 22.0 Å². The number of para-hydroxylation sites is 1. The van der Waals surface area contributed by atoms with E-state index in [0.29, 0.717) is 0 Å². The van der Waals surface area contributed by atoms with Crippen molar-refractivity contribution in [2.45, 2.75) is 6.92 Å². The van der Waals surface area contributed by atoms with E-state index in [2.05, 4.69) is 133 Å². The van der Waals surface area contributed by atoms with Gasteiger partial charge in [0.05, 0.1) is 11.0 Å². The zero-order chi connectivity index (χ0) is 21.5. The van der Waals surface area contributed by atoms with Gasteiger partial charge in [-0.05, 0) is 60.0 Å². The lowest BCUT2D eigenvalue weighted by molar-refractivity contribution is 1.18. The van der Waals surface area contributed by atoms with E-state index in [1.165, 1.54) is 55.3 Å². The van der Waals surface area contributed by atoms with Gasteiger partial charge in [-0.3, -0.25) is 0 Å². The van der Waals surface area contributed by atoms with Crippen molar-refractivity contribution in [2.24, 2.45) is 0 Å². The number of nitrogens with zero attached hydrogens (tertiary/aromatic N) is 1. The lowest BCUT2D eigenvalue weighted by atomic mass is 9.95. The lowest BCUT2D eigenvalue weighted by Gasteiger charge is -2.13. The zero-order valence-electron chi connectivity index (χ0n) is 18.0. The largest absolute Gasteiger partial charge is 0.309 e. The van der Waals surface area contributed by atoms with Crippen LogP contribution in [-0.4, -0.2) is 4.57 Å². The maximum atomic E-state index is 2.42. The fourth-order valence-electron chi connectivity index (χ4n) is 4.74. The van der Waals surface area contributed by atoms with Gasteiger partial charge in [-0.25, -0.2) is 0 Å². The molecule has 0 spiro atoms. The summed E-state index contributed by atoms with van der Waals surface area (Å²) in [5.74, 6) is 0. The summed E-state index contributed by atoms with van der Waals surface area (Å²) in [5.41, 5.74) is 9.90. The van der Waals surface area contributed by atoms with Gasteiger partial charge in [0.15, 0.2) is 0 Å². The highest BCUT2D eigenvalue weighted by Crippen LogP contribution is 2.41. The number of aromatic nitrogens is 1. The summed E-state index contributed by atoms with van der Waals surface area (Å²) in [6, 6.07) is 43.6. The van der Waals surface area contributed by atoms with Crippen LogP contribution in [0.1, 0.15) is 5.56 Å². The van der Waals surface area contributed by atoms with E-state index in [1.54, 1.807) is 0 Å². The van der Waals surface area contributed by atoms with Gasteiger partial charge in [-0.1, -0.05) is 90.5 Å². The second-order valence-electron chi connectivity index (χ2n) is 8.34. The van der Waals surface area contributed by atoms with Crippen LogP contribution in [0, 0.1) is 6.92 Å². The molecule has 32 heavy (non-hydrogen) atoms. The molecular formula is C31H23N. The highest BCUT2D eigenvalue weighted by Gasteiger charge is 2.18. The quantitative estimate of drug-likeness (QED) is 0.276. The molecule has 0 saturated heterocycles. The van der Waals surface area contributed by atoms with Crippen molar-refractivity contribution in [2.75, 3.05) is 0 Å². The Morgan fingerprint density at radius 3 is 1.81 bits per heavy atom. The standard InChI is InChI=1S/C31H23N/c1-22-17-18-30-28(19-22)29-21-25(23-11-5-2-6-12-23)20-27(24-13-7-3-8-14-24)31(29)32(30)26-15-9-4-10-16-26/h2-21H,1H3. The zero-order valence-corrected chi connectivity index (χ0v) is 18.0. The minimum absolute atomic E-state index is 1.18. The average Bonchev–Trinajstić information content (AvgIpc) is 3.18. The Labute approximate surface area is 188 Å². The molecule has 0 atom stereocenters. The van der Waals surface area contributed by atoms with Crippen LogP contribution in [0.5, 0.6) is 0 Å². The van der Waals surface area contributed by atoms with Crippen LogP contribution in [0.4, 0.5) is 0 Å². The summed E-state index contributed by atoms with van der Waals surface area (Å²) in [4.78, 5) is 0. The Bertz CT molecular complexity index is 1540. The summed E-state index contributed by atoms with van der Waals surface area (Å²) in [6.45, 7) is 2.17. The third-order valence-electron chi connectivity index (χ3n) is 6.22. The first-order valence-electron chi connectivity index (χ1n) is 11.0. The molecule has 1 nitrogen and oxygen atoms in total. The molecule has 0 aliphatic rings. The van der Waals surface area contributed by atoms with Crippen molar-refractivity contribution >= 4 is 21.8 Å². The number of hydrogen-bond donors (Lipinski definition) is 0. The fourth-order valence-corrected chi connectivity index (χ4v) is 4.74. The van der Waals surface area contributed by atoms with Crippen LogP contribution < -0.4 is 0 Å². The molecule has 0 radical (unpaired) electrons. The van der Waals surface area contributed by atoms with Gasteiger partial charge in [0.2, 0.25) is 0 Å². The number of fused-ring (bicyclic) bond motifs is 3. The monoisotopic (exact) mass is 409 g/mol. The predicted octanol–water partition coefficient (Wildman–Crippen LogP) is 8.43. The summed E-state index contributed by atoms with van der Waals surface area (Å²) in [7, 11) is 0. The molecule has 0 fully saturated rings. The topological polar surface area (TPSA) is 4.93 Å². The first-order chi connectivity index (χ1) is 15.8. The average molecular weight is 410 g/mol. The maximum absolute atomic E-state index is 2.42. The molecular weight excluding hydrogens is 386 g/mol. The Balaban J connectivity index is 1.82. The fraction of sp³-hybridized carbons (Fsp3) is 0.0323. The summed E-state index contributed by atoms with van der Waals surface area (Å²) < 4.78 is 2.42. The molecule has 1 heterocycles. The molecule has 0 aliphatic heterocycles. The molecule has 5 aromatic carbocycles. The van der Waals surface area contributed by atoms with Crippen LogP contribution in [0.25, 0.3) is 49.7 Å². The minimum atomic E-state index is 1.18. The molecule has 0 unspecified atom stereocenters. The molecule has 0 bridgehead atoms. The third kappa shape index (κ3) is 3.02. The van der Waals surface area contributed by atoms with Gasteiger partial charge in [-0.15, -0.1) is 0 Å². The van der Waals surface area contributed by atoms with Crippen molar-refractivity contribution in [1.82, 2.24) is 4.57 Å². The number of aryl methyl sites for hydroxylation is 1. The summed E-state index contributed by atoms with van der Waals surface area (Å²) in [5, 5.41) is 2.58. The van der Waals surface area contributed by atoms with Crippen LogP contribution in [-0.2, 0) is 0 Å². The Kier molecular flexibility index (Phi) is 4.40. The Hall–Kier alpha value is -4.10. The maximum Gasteiger partial charge on any atom is 0.0619 e. The van der Waals surface area contributed by atoms with Gasteiger partial charge in [0.1, 0.15) is 0 Å². The van der Waals surface area contributed by atoms with E-state index in [4.69, 9.17) is 0 Å². The number of hydrogen-bond acceptors (Lipinski definition) is 0. The molecule has 152 valence electrons. The summed E-state index contributed by atoms with van der Waals surface area (Å²) in [6.07, 6.45) is 0. The lowest BCUT2D eigenvalue weighted by Crippen LogP contribution is -1.95. The molecule has 6 aromatic rings. The van der Waals surface area contributed by atoms with Crippen molar-refractivity contribution in [1.29, 1.82) is 0 Å². The third-order valence-corrected chi connectivity index (χ3v) is 6.22. The van der Waals surface area contributed by atoms with E-state index in [-0.39, 0.29) is 0 Å². The molecule has 0 amide bonds. The smallest absolute Gasteiger partial charge is 0.0619 e. The summed E-state index contributed by atoms with van der Waals surface area (Å²) >= 11 is 0. The molecule has 1 heteroatoms. The molecule has 0 aliphatic carbocycles. The van der Waals surface area contributed by atoms with E-state index in [9.17, 15) is 0 Å². The first-order valence-corrected chi connectivity index (χ1v) is 11.0. The van der Waals surface area contributed by atoms with E-state index in [0.717, 1.165) is 0 Å². The Morgan fingerprint density at radius 1 is 0.500 bits per heavy atom. The van der Waals surface area contributed by atoms with Crippen LogP contribution in [0.15, 0.2) is 121 Å². The highest BCUT2D eigenvalue weighted by molar-refractivity contribution is 6.15. The molecule has 0 saturated carbocycles. The number of benzene rings is 5. The van der Waals surface area contributed by atoms with E-state index < -0.39 is 0 Å².